The van der Waals surface area contributed by atoms with Crippen molar-refractivity contribution >= 4 is 34.8 Å². The quantitative estimate of drug-likeness (QED) is 0.590. The lowest BCUT2D eigenvalue weighted by Crippen LogP contribution is -2.48. The minimum Gasteiger partial charge on any atom is -0.395 e. The highest BCUT2D eigenvalue weighted by molar-refractivity contribution is 6.33. The molecule has 11 heteroatoms. The van der Waals surface area contributed by atoms with Crippen molar-refractivity contribution in [1.82, 2.24) is 4.90 Å². The predicted octanol–water partition coefficient (Wildman–Crippen LogP) is 2.71. The maximum absolute atomic E-state index is 12.4. The van der Waals surface area contributed by atoms with Gasteiger partial charge < -0.3 is 14.2 Å². The Hall–Kier alpha value is -3.14. The number of non-ortho nitro benzene ring substituents is 1. The Kier molecular flexibility index (Phi) is 4.76. The van der Waals surface area contributed by atoms with Gasteiger partial charge in [0.05, 0.1) is 21.7 Å². The van der Waals surface area contributed by atoms with E-state index in [1.807, 2.05) is 4.90 Å². The number of hydrogen-bond acceptors (Lipinski definition) is 7. The van der Waals surface area contributed by atoms with Crippen molar-refractivity contribution in [3.8, 4) is 0 Å². The van der Waals surface area contributed by atoms with Crippen LogP contribution >= 0.6 is 11.6 Å². The number of piperazine rings is 1. The molecule has 2 heterocycles. The van der Waals surface area contributed by atoms with Gasteiger partial charge in [0.15, 0.2) is 5.76 Å². The first kappa shape index (κ1) is 17.7. The molecule has 3 rings (SSSR count). The molecule has 1 fully saturated rings. The minimum atomic E-state index is -0.703. The fourth-order valence-corrected chi connectivity index (χ4v) is 3.01. The van der Waals surface area contributed by atoms with Crippen molar-refractivity contribution in [3.63, 3.8) is 0 Å². The zero-order valence-electron chi connectivity index (χ0n) is 13.3. The number of carbonyl (C=O) groups excluding carboxylic acids is 1. The van der Waals surface area contributed by atoms with Crippen molar-refractivity contribution < 1.29 is 19.1 Å². The summed E-state index contributed by atoms with van der Waals surface area (Å²) < 4.78 is 4.94. The summed E-state index contributed by atoms with van der Waals surface area (Å²) in [4.78, 5) is 36.0. The number of furan rings is 1. The molecule has 0 bridgehead atoms. The van der Waals surface area contributed by atoms with Crippen LogP contribution in [0.15, 0.2) is 34.7 Å². The van der Waals surface area contributed by atoms with Crippen LogP contribution in [0.1, 0.15) is 10.6 Å². The fraction of sp³-hybridized carbons (Fsp3) is 0.267. The Morgan fingerprint density at radius 1 is 1.04 bits per heavy atom. The Bertz CT molecular complexity index is 875. The molecule has 1 aromatic heterocycles. The molecule has 0 unspecified atom stereocenters. The van der Waals surface area contributed by atoms with E-state index < -0.39 is 21.6 Å². The first-order valence-corrected chi connectivity index (χ1v) is 7.97. The van der Waals surface area contributed by atoms with Crippen LogP contribution in [0.2, 0.25) is 5.02 Å². The van der Waals surface area contributed by atoms with E-state index in [9.17, 15) is 25.0 Å². The van der Waals surface area contributed by atoms with Crippen LogP contribution in [-0.4, -0.2) is 46.8 Å². The van der Waals surface area contributed by atoms with E-state index in [0.717, 1.165) is 6.07 Å². The van der Waals surface area contributed by atoms with Crippen molar-refractivity contribution in [2.45, 2.75) is 0 Å². The lowest BCUT2D eigenvalue weighted by Gasteiger charge is -2.36. The Morgan fingerprint density at radius 2 is 1.73 bits per heavy atom. The second-order valence-corrected chi connectivity index (χ2v) is 5.97. The molecule has 1 aliphatic rings. The number of rotatable bonds is 4. The molecule has 1 aliphatic heterocycles. The summed E-state index contributed by atoms with van der Waals surface area (Å²) in [6.45, 7) is 1.65. The third-order valence-corrected chi connectivity index (χ3v) is 4.33. The van der Waals surface area contributed by atoms with Crippen LogP contribution in [0.4, 0.5) is 17.3 Å². The lowest BCUT2D eigenvalue weighted by molar-refractivity contribution is -0.402. The average Bonchev–Trinajstić information content (AvgIpc) is 3.11. The molecule has 0 aliphatic carbocycles. The van der Waals surface area contributed by atoms with Crippen LogP contribution < -0.4 is 4.90 Å². The fourth-order valence-electron chi connectivity index (χ4n) is 2.71. The Labute approximate surface area is 151 Å². The van der Waals surface area contributed by atoms with Gasteiger partial charge in [0.1, 0.15) is 4.92 Å². The standard InChI is InChI=1S/C15H13ClN4O6/c16-11-9-10(19(22)23)1-2-12(11)17-5-7-18(8-6-17)15(21)13-3-4-14(26-13)20(24)25/h1-4,9H,5-8H2. The number of nitro groups is 2. The Morgan fingerprint density at radius 3 is 2.27 bits per heavy atom. The summed E-state index contributed by atoms with van der Waals surface area (Å²) in [6, 6.07) is 6.66. The molecule has 0 radical (unpaired) electrons. The van der Waals surface area contributed by atoms with Gasteiger partial charge in [-0.3, -0.25) is 25.0 Å². The van der Waals surface area contributed by atoms with E-state index >= 15 is 0 Å². The van der Waals surface area contributed by atoms with Crippen LogP contribution in [0.25, 0.3) is 0 Å². The average molecular weight is 381 g/mol. The minimum absolute atomic E-state index is 0.0847. The number of nitro benzene ring substituents is 1. The zero-order valence-corrected chi connectivity index (χ0v) is 14.1. The summed E-state index contributed by atoms with van der Waals surface area (Å²) in [5.41, 5.74) is 0.560. The maximum Gasteiger partial charge on any atom is 0.433 e. The number of amides is 1. The predicted molar refractivity (Wildman–Crippen MR) is 91.6 cm³/mol. The SMILES string of the molecule is O=C(c1ccc([N+](=O)[O-])o1)N1CCN(c2ccc([N+](=O)[O-])cc2Cl)CC1. The molecule has 0 N–H and O–H groups in total. The second-order valence-electron chi connectivity index (χ2n) is 5.57. The van der Waals surface area contributed by atoms with Crippen LogP contribution in [0, 0.1) is 20.2 Å². The van der Waals surface area contributed by atoms with Crippen molar-refractivity contribution in [2.24, 2.45) is 0 Å². The molecular formula is C15H13ClN4O6. The summed E-state index contributed by atoms with van der Waals surface area (Å²) >= 11 is 6.13. The highest BCUT2D eigenvalue weighted by Crippen LogP contribution is 2.30. The first-order chi connectivity index (χ1) is 12.4. The van der Waals surface area contributed by atoms with E-state index in [1.165, 1.54) is 23.1 Å². The van der Waals surface area contributed by atoms with Crippen molar-refractivity contribution in [2.75, 3.05) is 31.1 Å². The molecule has 136 valence electrons. The number of benzene rings is 1. The van der Waals surface area contributed by atoms with Gasteiger partial charge in [-0.1, -0.05) is 11.6 Å². The molecule has 26 heavy (non-hydrogen) atoms. The van der Waals surface area contributed by atoms with Crippen LogP contribution in [0.3, 0.4) is 0 Å². The monoisotopic (exact) mass is 380 g/mol. The smallest absolute Gasteiger partial charge is 0.395 e. The van der Waals surface area contributed by atoms with Crippen LogP contribution in [-0.2, 0) is 0 Å². The van der Waals surface area contributed by atoms with Gasteiger partial charge >= 0.3 is 5.88 Å². The number of nitrogens with zero attached hydrogens (tertiary/aromatic N) is 4. The van der Waals surface area contributed by atoms with E-state index in [2.05, 4.69) is 0 Å². The molecule has 0 saturated carbocycles. The topological polar surface area (TPSA) is 123 Å². The highest BCUT2D eigenvalue weighted by Gasteiger charge is 2.27. The van der Waals surface area contributed by atoms with E-state index in [0.29, 0.717) is 31.9 Å². The molecular weight excluding hydrogens is 368 g/mol. The summed E-state index contributed by atoms with van der Waals surface area (Å²) in [5.74, 6) is -0.990. The number of hydrogen-bond donors (Lipinski definition) is 0. The third-order valence-electron chi connectivity index (χ3n) is 4.03. The molecule has 1 aromatic carbocycles. The van der Waals surface area contributed by atoms with Gasteiger partial charge in [0.25, 0.3) is 11.6 Å². The van der Waals surface area contributed by atoms with Gasteiger partial charge in [0.2, 0.25) is 0 Å². The number of carbonyl (C=O) groups is 1. The molecule has 0 spiro atoms. The largest absolute Gasteiger partial charge is 0.433 e. The van der Waals surface area contributed by atoms with E-state index in [-0.39, 0.29) is 16.5 Å². The maximum atomic E-state index is 12.4. The highest BCUT2D eigenvalue weighted by atomic mass is 35.5. The molecule has 2 aromatic rings. The van der Waals surface area contributed by atoms with Crippen molar-refractivity contribution in [3.05, 3.63) is 61.3 Å². The molecule has 1 saturated heterocycles. The normalized spacial score (nSPS) is 14.3. The summed E-state index contributed by atoms with van der Waals surface area (Å²) in [6.07, 6.45) is 0. The summed E-state index contributed by atoms with van der Waals surface area (Å²) in [7, 11) is 0. The van der Waals surface area contributed by atoms with Gasteiger partial charge in [-0.15, -0.1) is 0 Å². The van der Waals surface area contributed by atoms with Gasteiger partial charge in [0, 0.05) is 38.3 Å². The number of halogens is 1. The second kappa shape index (κ2) is 7.00. The number of anilines is 1. The molecule has 1 amide bonds. The lowest BCUT2D eigenvalue weighted by atomic mass is 10.2. The van der Waals surface area contributed by atoms with Gasteiger partial charge in [-0.05, 0) is 12.1 Å². The van der Waals surface area contributed by atoms with Gasteiger partial charge in [-0.2, -0.15) is 0 Å². The van der Waals surface area contributed by atoms with Gasteiger partial charge in [-0.25, -0.2) is 0 Å². The van der Waals surface area contributed by atoms with Crippen LogP contribution in [0.5, 0.6) is 0 Å². The zero-order chi connectivity index (χ0) is 18.8. The van der Waals surface area contributed by atoms with E-state index in [4.69, 9.17) is 16.0 Å². The summed E-state index contributed by atoms with van der Waals surface area (Å²) in [5, 5.41) is 21.7. The third kappa shape index (κ3) is 3.45. The first-order valence-electron chi connectivity index (χ1n) is 7.59. The molecule has 0 atom stereocenters. The van der Waals surface area contributed by atoms with Crippen molar-refractivity contribution in [1.29, 1.82) is 0 Å². The van der Waals surface area contributed by atoms with E-state index in [1.54, 1.807) is 6.07 Å². The Balaban J connectivity index is 1.66. The molecule has 10 nitrogen and oxygen atoms in total.